The third-order valence-electron chi connectivity index (χ3n) is 2.60. The van der Waals surface area contributed by atoms with Crippen molar-refractivity contribution >= 4 is 11.3 Å². The Bertz CT molecular complexity index is 264. The van der Waals surface area contributed by atoms with E-state index in [1.54, 1.807) is 11.3 Å². The molecular formula is C10H16N2S. The molecule has 0 amide bonds. The molecule has 1 saturated heterocycles. The zero-order valence-electron chi connectivity index (χ0n) is 8.05. The van der Waals surface area contributed by atoms with Gasteiger partial charge in [0.2, 0.25) is 0 Å². The first-order chi connectivity index (χ1) is 6.34. The summed E-state index contributed by atoms with van der Waals surface area (Å²) in [6.07, 6.45) is 3.83. The van der Waals surface area contributed by atoms with E-state index in [2.05, 4.69) is 22.6 Å². The predicted octanol–water partition coefficient (Wildman–Crippen LogP) is 1.99. The molecule has 0 aromatic carbocycles. The Morgan fingerprint density at radius 1 is 1.69 bits per heavy atom. The smallest absolute Gasteiger partial charge is 0.0928 e. The second-order valence-electron chi connectivity index (χ2n) is 3.78. The van der Waals surface area contributed by atoms with Crippen molar-refractivity contribution in [2.75, 3.05) is 13.1 Å². The minimum absolute atomic E-state index is 0.893. The van der Waals surface area contributed by atoms with Crippen LogP contribution in [-0.2, 0) is 6.42 Å². The third kappa shape index (κ3) is 2.51. The highest BCUT2D eigenvalue weighted by Crippen LogP contribution is 2.17. The predicted molar refractivity (Wildman–Crippen MR) is 56.1 cm³/mol. The lowest BCUT2D eigenvalue weighted by atomic mass is 10.0. The van der Waals surface area contributed by atoms with Crippen LogP contribution in [0.1, 0.15) is 23.5 Å². The number of nitrogens with zero attached hydrogens (tertiary/aromatic N) is 1. The van der Waals surface area contributed by atoms with Gasteiger partial charge in [0.05, 0.1) is 5.01 Å². The van der Waals surface area contributed by atoms with Crippen LogP contribution in [0.4, 0.5) is 0 Å². The molecule has 2 nitrogen and oxygen atoms in total. The molecule has 1 aliphatic heterocycles. The molecule has 3 heteroatoms. The van der Waals surface area contributed by atoms with Crippen LogP contribution < -0.4 is 5.32 Å². The van der Waals surface area contributed by atoms with Crippen molar-refractivity contribution in [3.8, 4) is 0 Å². The zero-order chi connectivity index (χ0) is 9.10. The maximum absolute atomic E-state index is 4.47. The Hall–Kier alpha value is -0.410. The van der Waals surface area contributed by atoms with Crippen LogP contribution in [0.15, 0.2) is 5.38 Å². The van der Waals surface area contributed by atoms with E-state index in [-0.39, 0.29) is 0 Å². The van der Waals surface area contributed by atoms with Gasteiger partial charge in [-0.3, -0.25) is 0 Å². The van der Waals surface area contributed by atoms with E-state index in [1.165, 1.54) is 43.1 Å². The normalized spacial score (nSPS) is 22.4. The molecule has 13 heavy (non-hydrogen) atoms. The van der Waals surface area contributed by atoms with E-state index >= 15 is 0 Å². The van der Waals surface area contributed by atoms with Gasteiger partial charge in [-0.2, -0.15) is 0 Å². The first-order valence-electron chi connectivity index (χ1n) is 4.96. The summed E-state index contributed by atoms with van der Waals surface area (Å²) in [5.74, 6) is 0.893. The summed E-state index contributed by atoms with van der Waals surface area (Å²) in [4.78, 5) is 4.47. The van der Waals surface area contributed by atoms with E-state index in [4.69, 9.17) is 0 Å². The lowest BCUT2D eigenvalue weighted by molar-refractivity contribution is 0.532. The van der Waals surface area contributed by atoms with E-state index < -0.39 is 0 Å². The highest BCUT2D eigenvalue weighted by molar-refractivity contribution is 7.09. The van der Waals surface area contributed by atoms with Crippen LogP contribution in [0, 0.1) is 12.8 Å². The number of hydrogen-bond donors (Lipinski definition) is 1. The number of rotatable bonds is 3. The molecule has 1 aromatic heterocycles. The van der Waals surface area contributed by atoms with Crippen LogP contribution in [0.5, 0.6) is 0 Å². The van der Waals surface area contributed by atoms with Gasteiger partial charge in [-0.1, -0.05) is 0 Å². The number of nitrogens with one attached hydrogen (secondary N) is 1. The molecule has 2 heterocycles. The van der Waals surface area contributed by atoms with Crippen molar-refractivity contribution in [3.05, 3.63) is 16.1 Å². The second kappa shape index (κ2) is 4.20. The molecule has 1 unspecified atom stereocenters. The summed E-state index contributed by atoms with van der Waals surface area (Å²) < 4.78 is 0. The highest BCUT2D eigenvalue weighted by Gasteiger charge is 2.14. The molecule has 2 rings (SSSR count). The summed E-state index contributed by atoms with van der Waals surface area (Å²) >= 11 is 1.80. The van der Waals surface area contributed by atoms with Gasteiger partial charge < -0.3 is 5.32 Å². The second-order valence-corrected chi connectivity index (χ2v) is 4.72. The molecule has 0 saturated carbocycles. The van der Waals surface area contributed by atoms with Crippen LogP contribution >= 0.6 is 11.3 Å². The Balaban J connectivity index is 1.78. The topological polar surface area (TPSA) is 24.9 Å². The lowest BCUT2D eigenvalue weighted by Gasteiger charge is -2.04. The molecule has 1 N–H and O–H groups in total. The third-order valence-corrected chi connectivity index (χ3v) is 3.62. The average Bonchev–Trinajstić information content (AvgIpc) is 2.71. The molecule has 1 fully saturated rings. The summed E-state index contributed by atoms with van der Waals surface area (Å²) in [6, 6.07) is 0. The van der Waals surface area contributed by atoms with Crippen LogP contribution in [0.2, 0.25) is 0 Å². The minimum Gasteiger partial charge on any atom is -0.316 e. The molecule has 1 atom stereocenters. The zero-order valence-corrected chi connectivity index (χ0v) is 8.86. The minimum atomic E-state index is 0.893. The van der Waals surface area contributed by atoms with E-state index in [9.17, 15) is 0 Å². The average molecular weight is 196 g/mol. The quantitative estimate of drug-likeness (QED) is 0.799. The van der Waals surface area contributed by atoms with E-state index in [1.807, 2.05) is 0 Å². The fraction of sp³-hybridized carbons (Fsp3) is 0.700. The Morgan fingerprint density at radius 2 is 2.62 bits per heavy atom. The summed E-state index contributed by atoms with van der Waals surface area (Å²) in [7, 11) is 0. The SMILES string of the molecule is Cc1csc(CCC2CCNC2)n1. The number of aryl methyl sites for hydroxylation is 2. The number of thiazole rings is 1. The van der Waals surface area contributed by atoms with Gasteiger partial charge in [-0.05, 0) is 45.2 Å². The molecule has 0 radical (unpaired) electrons. The summed E-state index contributed by atoms with van der Waals surface area (Å²) in [5, 5.41) is 6.85. The molecule has 0 aliphatic carbocycles. The fourth-order valence-electron chi connectivity index (χ4n) is 1.81. The first kappa shape index (κ1) is 9.16. The van der Waals surface area contributed by atoms with Crippen LogP contribution in [0.3, 0.4) is 0 Å². The van der Waals surface area contributed by atoms with Crippen molar-refractivity contribution in [2.45, 2.75) is 26.2 Å². The maximum atomic E-state index is 4.47. The van der Waals surface area contributed by atoms with Crippen molar-refractivity contribution in [2.24, 2.45) is 5.92 Å². The highest BCUT2D eigenvalue weighted by atomic mass is 32.1. The molecular weight excluding hydrogens is 180 g/mol. The van der Waals surface area contributed by atoms with Gasteiger partial charge in [-0.25, -0.2) is 4.98 Å². The van der Waals surface area contributed by atoms with Crippen molar-refractivity contribution in [3.63, 3.8) is 0 Å². The molecule has 72 valence electrons. The maximum Gasteiger partial charge on any atom is 0.0928 e. The summed E-state index contributed by atoms with van der Waals surface area (Å²) in [5.41, 5.74) is 1.17. The van der Waals surface area contributed by atoms with Crippen LogP contribution in [0.25, 0.3) is 0 Å². The van der Waals surface area contributed by atoms with Gasteiger partial charge >= 0.3 is 0 Å². The van der Waals surface area contributed by atoms with E-state index in [0.29, 0.717) is 0 Å². The van der Waals surface area contributed by atoms with Crippen molar-refractivity contribution in [1.29, 1.82) is 0 Å². The lowest BCUT2D eigenvalue weighted by Crippen LogP contribution is -2.09. The number of hydrogen-bond acceptors (Lipinski definition) is 3. The molecule has 1 aliphatic rings. The van der Waals surface area contributed by atoms with Gasteiger partial charge in [0.1, 0.15) is 0 Å². The monoisotopic (exact) mass is 196 g/mol. The van der Waals surface area contributed by atoms with E-state index in [0.717, 1.165) is 5.92 Å². The van der Waals surface area contributed by atoms with Crippen molar-refractivity contribution in [1.82, 2.24) is 10.3 Å². The van der Waals surface area contributed by atoms with Crippen LogP contribution in [-0.4, -0.2) is 18.1 Å². The molecule has 1 aromatic rings. The van der Waals surface area contributed by atoms with Gasteiger partial charge in [0.15, 0.2) is 0 Å². The first-order valence-corrected chi connectivity index (χ1v) is 5.84. The molecule has 0 bridgehead atoms. The Labute approximate surface area is 83.4 Å². The van der Waals surface area contributed by atoms with Gasteiger partial charge in [0.25, 0.3) is 0 Å². The summed E-state index contributed by atoms with van der Waals surface area (Å²) in [6.45, 7) is 4.49. The Morgan fingerprint density at radius 3 is 3.23 bits per heavy atom. The Kier molecular flexibility index (Phi) is 2.96. The van der Waals surface area contributed by atoms with Gasteiger partial charge in [0, 0.05) is 11.1 Å². The molecule has 0 spiro atoms. The largest absolute Gasteiger partial charge is 0.316 e. The van der Waals surface area contributed by atoms with Crippen molar-refractivity contribution < 1.29 is 0 Å². The fourth-order valence-corrected chi connectivity index (χ4v) is 2.60. The standard InChI is InChI=1S/C10H16N2S/c1-8-7-13-10(12-8)3-2-9-4-5-11-6-9/h7,9,11H,2-6H2,1H3. The van der Waals surface area contributed by atoms with Gasteiger partial charge in [-0.15, -0.1) is 11.3 Å². The number of aromatic nitrogens is 1.